The van der Waals surface area contributed by atoms with Crippen LogP contribution in [0.25, 0.3) is 6.08 Å². The van der Waals surface area contributed by atoms with Crippen molar-refractivity contribution in [3.8, 4) is 6.07 Å². The van der Waals surface area contributed by atoms with E-state index in [9.17, 15) is 4.79 Å². The Morgan fingerprint density at radius 1 is 1.50 bits per heavy atom. The van der Waals surface area contributed by atoms with Crippen LogP contribution in [-0.4, -0.2) is 6.29 Å². The SMILES string of the molecule is N#Cc1cc(C=CCC=O)ccc1Cl. The van der Waals surface area contributed by atoms with Gasteiger partial charge >= 0.3 is 0 Å². The fourth-order valence-electron chi connectivity index (χ4n) is 0.992. The zero-order valence-electron chi connectivity index (χ0n) is 7.40. The Morgan fingerprint density at radius 3 is 2.93 bits per heavy atom. The number of hydrogen-bond donors (Lipinski definition) is 0. The fraction of sp³-hybridized carbons (Fsp3) is 0.0909. The van der Waals surface area contributed by atoms with Gasteiger partial charge in [0.1, 0.15) is 12.4 Å². The van der Waals surface area contributed by atoms with Gasteiger partial charge in [-0.2, -0.15) is 5.26 Å². The van der Waals surface area contributed by atoms with Crippen molar-refractivity contribution in [1.82, 2.24) is 0 Å². The summed E-state index contributed by atoms with van der Waals surface area (Å²) < 4.78 is 0. The lowest BCUT2D eigenvalue weighted by Crippen LogP contribution is -1.79. The van der Waals surface area contributed by atoms with Crippen LogP contribution in [0.1, 0.15) is 17.5 Å². The van der Waals surface area contributed by atoms with Gasteiger partial charge in [-0.3, -0.25) is 0 Å². The zero-order chi connectivity index (χ0) is 10.4. The van der Waals surface area contributed by atoms with Crippen molar-refractivity contribution in [3.05, 3.63) is 40.4 Å². The summed E-state index contributed by atoms with van der Waals surface area (Å²) in [7, 11) is 0. The summed E-state index contributed by atoms with van der Waals surface area (Å²) in [6, 6.07) is 7.14. The molecule has 0 heterocycles. The van der Waals surface area contributed by atoms with Gasteiger partial charge in [0, 0.05) is 6.42 Å². The summed E-state index contributed by atoms with van der Waals surface area (Å²) in [5.41, 5.74) is 1.31. The third-order valence-corrected chi connectivity index (χ3v) is 1.98. The number of nitrogens with zero attached hydrogens (tertiary/aromatic N) is 1. The van der Waals surface area contributed by atoms with Crippen LogP contribution in [0.4, 0.5) is 0 Å². The van der Waals surface area contributed by atoms with E-state index in [-0.39, 0.29) is 0 Å². The van der Waals surface area contributed by atoms with Crippen LogP contribution in [-0.2, 0) is 4.79 Å². The normalized spacial score (nSPS) is 10.0. The number of nitriles is 1. The summed E-state index contributed by atoms with van der Waals surface area (Å²) in [6.07, 6.45) is 4.71. The largest absolute Gasteiger partial charge is 0.303 e. The molecule has 1 rings (SSSR count). The summed E-state index contributed by atoms with van der Waals surface area (Å²) in [4.78, 5) is 10.0. The second kappa shape index (κ2) is 5.21. The molecule has 0 aliphatic rings. The molecule has 0 radical (unpaired) electrons. The van der Waals surface area contributed by atoms with Crippen molar-refractivity contribution < 1.29 is 4.79 Å². The van der Waals surface area contributed by atoms with E-state index >= 15 is 0 Å². The Balaban J connectivity index is 2.91. The minimum atomic E-state index is 0.379. The molecule has 0 amide bonds. The van der Waals surface area contributed by atoms with Crippen LogP contribution in [0.5, 0.6) is 0 Å². The van der Waals surface area contributed by atoms with E-state index in [0.29, 0.717) is 17.0 Å². The summed E-state index contributed by atoms with van der Waals surface area (Å²) >= 11 is 5.75. The Bertz CT molecular complexity index is 404. The highest BCUT2D eigenvalue weighted by molar-refractivity contribution is 6.31. The molecule has 0 atom stereocenters. The highest BCUT2D eigenvalue weighted by Gasteiger charge is 1.98. The molecule has 0 spiro atoms. The maximum Gasteiger partial charge on any atom is 0.123 e. The molecule has 0 unspecified atom stereocenters. The van der Waals surface area contributed by atoms with E-state index in [1.807, 2.05) is 6.07 Å². The third kappa shape index (κ3) is 2.72. The van der Waals surface area contributed by atoms with Crippen LogP contribution < -0.4 is 0 Å². The molecule has 14 heavy (non-hydrogen) atoms. The number of carbonyl (C=O) groups excluding carboxylic acids is 1. The van der Waals surface area contributed by atoms with Gasteiger partial charge in [-0.05, 0) is 17.7 Å². The number of allylic oxidation sites excluding steroid dienone is 1. The van der Waals surface area contributed by atoms with E-state index in [2.05, 4.69) is 0 Å². The van der Waals surface area contributed by atoms with Gasteiger partial charge in [-0.25, -0.2) is 0 Å². The molecule has 0 saturated heterocycles. The molecular weight excluding hydrogens is 198 g/mol. The highest BCUT2D eigenvalue weighted by atomic mass is 35.5. The molecule has 3 heteroatoms. The van der Waals surface area contributed by atoms with Gasteiger partial charge in [0.2, 0.25) is 0 Å². The van der Waals surface area contributed by atoms with Crippen molar-refractivity contribution >= 4 is 24.0 Å². The number of rotatable bonds is 3. The third-order valence-electron chi connectivity index (χ3n) is 1.65. The summed E-state index contributed by atoms with van der Waals surface area (Å²) in [6.45, 7) is 0. The average Bonchev–Trinajstić information content (AvgIpc) is 2.21. The number of benzene rings is 1. The molecule has 0 aromatic heterocycles. The van der Waals surface area contributed by atoms with Crippen LogP contribution in [0, 0.1) is 11.3 Å². The van der Waals surface area contributed by atoms with Gasteiger partial charge in [-0.1, -0.05) is 29.8 Å². The smallest absolute Gasteiger partial charge is 0.123 e. The first-order valence-electron chi connectivity index (χ1n) is 4.07. The van der Waals surface area contributed by atoms with E-state index < -0.39 is 0 Å². The Labute approximate surface area is 87.4 Å². The molecule has 1 aromatic carbocycles. The first-order chi connectivity index (χ1) is 6.77. The molecule has 0 N–H and O–H groups in total. The zero-order valence-corrected chi connectivity index (χ0v) is 8.16. The Kier molecular flexibility index (Phi) is 3.90. The highest BCUT2D eigenvalue weighted by Crippen LogP contribution is 2.17. The molecule has 0 fully saturated rings. The van der Waals surface area contributed by atoms with Crippen LogP contribution in [0.3, 0.4) is 0 Å². The fourth-order valence-corrected chi connectivity index (χ4v) is 1.15. The Hall–Kier alpha value is -1.59. The van der Waals surface area contributed by atoms with Gasteiger partial charge in [0.05, 0.1) is 10.6 Å². The van der Waals surface area contributed by atoms with Crippen LogP contribution in [0.2, 0.25) is 5.02 Å². The standard InChI is InChI=1S/C11H8ClNO/c12-11-5-4-9(3-1-2-6-14)7-10(11)8-13/h1,3-7H,2H2. The maximum absolute atomic E-state index is 10.0. The number of carbonyl (C=O) groups is 1. The average molecular weight is 206 g/mol. The lowest BCUT2D eigenvalue weighted by atomic mass is 10.1. The van der Waals surface area contributed by atoms with E-state index in [0.717, 1.165) is 11.8 Å². The molecule has 1 aromatic rings. The van der Waals surface area contributed by atoms with Crippen molar-refractivity contribution in [2.75, 3.05) is 0 Å². The summed E-state index contributed by atoms with van der Waals surface area (Å²) in [5, 5.41) is 9.14. The van der Waals surface area contributed by atoms with Crippen molar-refractivity contribution in [1.29, 1.82) is 5.26 Å². The second-order valence-corrected chi connectivity index (χ2v) is 3.06. The molecule has 0 aliphatic carbocycles. The van der Waals surface area contributed by atoms with Crippen molar-refractivity contribution in [2.24, 2.45) is 0 Å². The number of aldehydes is 1. The number of hydrogen-bond acceptors (Lipinski definition) is 2. The second-order valence-electron chi connectivity index (χ2n) is 2.66. The quantitative estimate of drug-likeness (QED) is 0.712. The minimum absolute atomic E-state index is 0.379. The molecule has 0 bridgehead atoms. The number of halogens is 1. The lowest BCUT2D eigenvalue weighted by molar-refractivity contribution is -0.107. The molecule has 70 valence electrons. The van der Waals surface area contributed by atoms with Crippen molar-refractivity contribution in [2.45, 2.75) is 6.42 Å². The molecule has 0 aliphatic heterocycles. The first kappa shape index (κ1) is 10.5. The molecule has 2 nitrogen and oxygen atoms in total. The summed E-state index contributed by atoms with van der Waals surface area (Å²) in [5.74, 6) is 0. The Morgan fingerprint density at radius 2 is 2.29 bits per heavy atom. The van der Waals surface area contributed by atoms with Gasteiger partial charge in [0.25, 0.3) is 0 Å². The van der Waals surface area contributed by atoms with Crippen molar-refractivity contribution in [3.63, 3.8) is 0 Å². The predicted octanol–water partition coefficient (Wildman–Crippen LogP) is 2.81. The monoisotopic (exact) mass is 205 g/mol. The minimum Gasteiger partial charge on any atom is -0.303 e. The first-order valence-corrected chi connectivity index (χ1v) is 4.45. The molecular formula is C11H8ClNO. The van der Waals surface area contributed by atoms with Gasteiger partial charge in [0.15, 0.2) is 0 Å². The van der Waals surface area contributed by atoms with Crippen LogP contribution in [0.15, 0.2) is 24.3 Å². The predicted molar refractivity (Wildman–Crippen MR) is 55.9 cm³/mol. The molecule has 0 saturated carbocycles. The van der Waals surface area contributed by atoms with E-state index in [4.69, 9.17) is 16.9 Å². The van der Waals surface area contributed by atoms with E-state index in [1.165, 1.54) is 0 Å². The van der Waals surface area contributed by atoms with Gasteiger partial charge < -0.3 is 4.79 Å². The topological polar surface area (TPSA) is 40.9 Å². The van der Waals surface area contributed by atoms with E-state index in [1.54, 1.807) is 30.4 Å². The van der Waals surface area contributed by atoms with Crippen LogP contribution >= 0.6 is 11.6 Å². The maximum atomic E-state index is 10.0. The van der Waals surface area contributed by atoms with Gasteiger partial charge in [-0.15, -0.1) is 0 Å². The lowest BCUT2D eigenvalue weighted by Gasteiger charge is -1.96.